The zero-order chi connectivity index (χ0) is 14.5. The van der Waals surface area contributed by atoms with Crippen LogP contribution in [-0.4, -0.2) is 29.0 Å². The summed E-state index contributed by atoms with van der Waals surface area (Å²) in [5, 5.41) is 13.4. The molecule has 108 valence electrons. The number of hydrogen-bond acceptors (Lipinski definition) is 3. The van der Waals surface area contributed by atoms with Crippen LogP contribution in [0.15, 0.2) is 23.1 Å². The van der Waals surface area contributed by atoms with Gasteiger partial charge in [-0.1, -0.05) is 19.9 Å². The molecule has 19 heavy (non-hydrogen) atoms. The van der Waals surface area contributed by atoms with Crippen molar-refractivity contribution < 1.29 is 5.11 Å². The van der Waals surface area contributed by atoms with Crippen molar-refractivity contribution in [3.8, 4) is 0 Å². The monoisotopic (exact) mass is 281 g/mol. The van der Waals surface area contributed by atoms with E-state index in [1.807, 2.05) is 11.8 Å². The highest BCUT2D eigenvalue weighted by Gasteiger charge is 2.25. The molecule has 1 rings (SSSR count). The van der Waals surface area contributed by atoms with Gasteiger partial charge < -0.3 is 10.4 Å². The average Bonchev–Trinajstić information content (AvgIpc) is 2.34. The Morgan fingerprint density at radius 1 is 1.32 bits per heavy atom. The topological polar surface area (TPSA) is 32.3 Å². The van der Waals surface area contributed by atoms with Crippen LogP contribution in [0.3, 0.4) is 0 Å². The number of rotatable bonds is 7. The Balaban J connectivity index is 2.63. The Kier molecular flexibility index (Phi) is 6.37. The maximum Gasteiger partial charge on any atom is 0.0611 e. The molecule has 2 atom stereocenters. The number of aryl methyl sites for hydroxylation is 2. The van der Waals surface area contributed by atoms with Crippen LogP contribution in [0.5, 0.6) is 0 Å². The lowest BCUT2D eigenvalue weighted by atomic mass is 9.97. The molecule has 2 N–H and O–H groups in total. The molecule has 0 bridgehead atoms. The molecule has 0 heterocycles. The minimum atomic E-state index is -0.180. The molecule has 0 aliphatic rings. The highest BCUT2D eigenvalue weighted by Crippen LogP contribution is 2.29. The molecule has 0 saturated carbocycles. The second kappa shape index (κ2) is 7.32. The summed E-state index contributed by atoms with van der Waals surface area (Å²) in [6.45, 7) is 11.8. The second-order valence-electron chi connectivity index (χ2n) is 5.63. The number of aliphatic hydroxyl groups excluding tert-OH is 1. The predicted molar refractivity (Wildman–Crippen MR) is 85.0 cm³/mol. The van der Waals surface area contributed by atoms with Crippen LogP contribution in [0.2, 0.25) is 0 Å². The SMILES string of the molecule is CCNC(C)(CO)CC(C)Sc1ccc(C)c(C)c1. The summed E-state index contributed by atoms with van der Waals surface area (Å²) in [5.74, 6) is 0. The minimum Gasteiger partial charge on any atom is -0.394 e. The molecule has 0 amide bonds. The van der Waals surface area contributed by atoms with E-state index in [4.69, 9.17) is 0 Å². The van der Waals surface area contributed by atoms with Gasteiger partial charge in [0.25, 0.3) is 0 Å². The Morgan fingerprint density at radius 3 is 2.53 bits per heavy atom. The third-order valence-electron chi connectivity index (χ3n) is 3.51. The van der Waals surface area contributed by atoms with Crippen LogP contribution < -0.4 is 5.32 Å². The summed E-state index contributed by atoms with van der Waals surface area (Å²) >= 11 is 1.88. The lowest BCUT2D eigenvalue weighted by molar-refractivity contribution is 0.168. The molecule has 2 unspecified atom stereocenters. The molecular formula is C16H27NOS. The van der Waals surface area contributed by atoms with E-state index in [0.717, 1.165) is 13.0 Å². The van der Waals surface area contributed by atoms with Crippen LogP contribution in [0.1, 0.15) is 38.3 Å². The van der Waals surface area contributed by atoms with Gasteiger partial charge in [-0.2, -0.15) is 0 Å². The molecule has 3 heteroatoms. The van der Waals surface area contributed by atoms with Crippen LogP contribution >= 0.6 is 11.8 Å². The van der Waals surface area contributed by atoms with E-state index in [1.54, 1.807) is 0 Å². The van der Waals surface area contributed by atoms with E-state index < -0.39 is 0 Å². The Labute approximate surface area is 122 Å². The largest absolute Gasteiger partial charge is 0.394 e. The fraction of sp³-hybridized carbons (Fsp3) is 0.625. The van der Waals surface area contributed by atoms with Gasteiger partial charge in [-0.3, -0.25) is 0 Å². The maximum absolute atomic E-state index is 9.54. The summed E-state index contributed by atoms with van der Waals surface area (Å²) in [5.41, 5.74) is 2.50. The normalized spacial score (nSPS) is 16.1. The number of hydrogen-bond donors (Lipinski definition) is 2. The van der Waals surface area contributed by atoms with Gasteiger partial charge >= 0.3 is 0 Å². The van der Waals surface area contributed by atoms with E-state index in [-0.39, 0.29) is 12.1 Å². The highest BCUT2D eigenvalue weighted by atomic mass is 32.2. The van der Waals surface area contributed by atoms with Crippen LogP contribution in [-0.2, 0) is 0 Å². The van der Waals surface area contributed by atoms with Crippen LogP contribution in [0, 0.1) is 13.8 Å². The molecule has 0 aliphatic carbocycles. The van der Waals surface area contributed by atoms with E-state index in [2.05, 4.69) is 58.1 Å². The van der Waals surface area contributed by atoms with Gasteiger partial charge in [0, 0.05) is 15.7 Å². The first kappa shape index (κ1) is 16.5. The molecule has 0 fully saturated rings. The van der Waals surface area contributed by atoms with Gasteiger partial charge in [0.1, 0.15) is 0 Å². The summed E-state index contributed by atoms with van der Waals surface area (Å²) in [4.78, 5) is 1.31. The number of nitrogens with one attached hydrogen (secondary N) is 1. The van der Waals surface area contributed by atoms with Crippen molar-refractivity contribution in [2.75, 3.05) is 13.2 Å². The van der Waals surface area contributed by atoms with Crippen molar-refractivity contribution in [1.82, 2.24) is 5.32 Å². The quantitative estimate of drug-likeness (QED) is 0.750. The maximum atomic E-state index is 9.54. The molecule has 2 nitrogen and oxygen atoms in total. The average molecular weight is 281 g/mol. The van der Waals surface area contributed by atoms with Gasteiger partial charge in [0.05, 0.1) is 6.61 Å². The van der Waals surface area contributed by atoms with Crippen molar-refractivity contribution >= 4 is 11.8 Å². The van der Waals surface area contributed by atoms with Gasteiger partial charge in [-0.25, -0.2) is 0 Å². The lowest BCUT2D eigenvalue weighted by Crippen LogP contribution is -2.47. The molecule has 1 aromatic rings. The first-order chi connectivity index (χ1) is 8.90. The molecular weight excluding hydrogens is 254 g/mol. The minimum absolute atomic E-state index is 0.179. The molecule has 0 radical (unpaired) electrons. The summed E-state index contributed by atoms with van der Waals surface area (Å²) in [6, 6.07) is 6.62. The first-order valence-corrected chi connectivity index (χ1v) is 7.88. The lowest BCUT2D eigenvalue weighted by Gasteiger charge is -2.31. The summed E-state index contributed by atoms with van der Waals surface area (Å²) in [7, 11) is 0. The van der Waals surface area contributed by atoms with Gasteiger partial charge in [-0.05, 0) is 57.0 Å². The van der Waals surface area contributed by atoms with Crippen LogP contribution in [0.25, 0.3) is 0 Å². The number of benzene rings is 1. The number of aliphatic hydroxyl groups is 1. The number of thioether (sulfide) groups is 1. The number of likely N-dealkylation sites (N-methyl/N-ethyl adjacent to an activating group) is 1. The first-order valence-electron chi connectivity index (χ1n) is 7.00. The smallest absolute Gasteiger partial charge is 0.0611 e. The fourth-order valence-electron chi connectivity index (χ4n) is 2.32. The summed E-state index contributed by atoms with van der Waals surface area (Å²) in [6.07, 6.45) is 0.953. The van der Waals surface area contributed by atoms with E-state index in [9.17, 15) is 5.11 Å². The highest BCUT2D eigenvalue weighted by molar-refractivity contribution is 7.99. The summed E-state index contributed by atoms with van der Waals surface area (Å²) < 4.78 is 0. The zero-order valence-electron chi connectivity index (χ0n) is 12.8. The molecule has 0 aromatic heterocycles. The Morgan fingerprint density at radius 2 is 2.00 bits per heavy atom. The Hall–Kier alpha value is -0.510. The standard InChI is InChI=1S/C16H27NOS/c1-6-17-16(5,11-18)10-14(4)19-15-8-7-12(2)13(3)9-15/h7-9,14,17-18H,6,10-11H2,1-5H3. The Bertz CT molecular complexity index is 408. The van der Waals surface area contributed by atoms with Crippen molar-refractivity contribution in [3.05, 3.63) is 29.3 Å². The van der Waals surface area contributed by atoms with Gasteiger partial charge in [0.15, 0.2) is 0 Å². The van der Waals surface area contributed by atoms with Crippen molar-refractivity contribution in [1.29, 1.82) is 0 Å². The van der Waals surface area contributed by atoms with E-state index in [1.165, 1.54) is 16.0 Å². The van der Waals surface area contributed by atoms with Crippen molar-refractivity contribution in [2.24, 2.45) is 0 Å². The van der Waals surface area contributed by atoms with E-state index >= 15 is 0 Å². The predicted octanol–water partition coefficient (Wildman–Crippen LogP) is 3.53. The molecule has 0 aliphatic heterocycles. The third-order valence-corrected chi connectivity index (χ3v) is 4.60. The van der Waals surface area contributed by atoms with Crippen molar-refractivity contribution in [3.63, 3.8) is 0 Å². The fourth-order valence-corrected chi connectivity index (χ4v) is 3.62. The van der Waals surface area contributed by atoms with Crippen LogP contribution in [0.4, 0.5) is 0 Å². The van der Waals surface area contributed by atoms with Gasteiger partial charge in [0.2, 0.25) is 0 Å². The molecule has 0 saturated heterocycles. The van der Waals surface area contributed by atoms with Crippen molar-refractivity contribution in [2.45, 2.75) is 56.7 Å². The van der Waals surface area contributed by atoms with E-state index in [0.29, 0.717) is 5.25 Å². The third kappa shape index (κ3) is 5.17. The second-order valence-corrected chi connectivity index (χ2v) is 7.14. The molecule has 1 aromatic carbocycles. The molecule has 0 spiro atoms. The van der Waals surface area contributed by atoms with Gasteiger partial charge in [-0.15, -0.1) is 11.8 Å². The zero-order valence-corrected chi connectivity index (χ0v) is 13.6.